The Morgan fingerprint density at radius 1 is 0.727 bits per heavy atom. The normalized spacial score (nSPS) is 17.4. The van der Waals surface area contributed by atoms with Crippen molar-refractivity contribution in [1.29, 1.82) is 0 Å². The molecule has 2 unspecified atom stereocenters. The lowest BCUT2D eigenvalue weighted by atomic mass is 10.0. The maximum Gasteiger partial charge on any atom is 0.410 e. The van der Waals surface area contributed by atoms with Crippen molar-refractivity contribution in [1.82, 2.24) is 15.1 Å². The van der Waals surface area contributed by atoms with Gasteiger partial charge < -0.3 is 50.2 Å². The summed E-state index contributed by atoms with van der Waals surface area (Å²) in [6.45, 7) is 4.14. The molecule has 0 spiro atoms. The summed E-state index contributed by atoms with van der Waals surface area (Å²) >= 11 is 0. The SMILES string of the molecule is CCCCCCN(CCCN(C(=O)OCc1ccccc1)C(CCc1ccc(CCCCNC(=O)OCc2ccccc2)cc1)C(N)=O)C[C@H](O)[C@@H](O)[C@@H]1OC(c2ccccc2)OC[C@H]1O. The lowest BCUT2D eigenvalue weighted by Crippen LogP contribution is -2.54. The molecule has 0 bridgehead atoms. The third-order valence-corrected chi connectivity index (χ3v) is 11.8. The Morgan fingerprint density at radius 3 is 1.97 bits per heavy atom. The van der Waals surface area contributed by atoms with Crippen molar-refractivity contribution in [2.24, 2.45) is 5.73 Å². The van der Waals surface area contributed by atoms with E-state index < -0.39 is 54.8 Å². The molecule has 0 aromatic heterocycles. The van der Waals surface area contributed by atoms with E-state index in [9.17, 15) is 29.7 Å². The number of amides is 3. The van der Waals surface area contributed by atoms with Gasteiger partial charge in [0.05, 0.1) is 12.7 Å². The fourth-order valence-corrected chi connectivity index (χ4v) is 7.98. The van der Waals surface area contributed by atoms with E-state index in [1.54, 1.807) is 0 Å². The molecule has 4 aromatic rings. The summed E-state index contributed by atoms with van der Waals surface area (Å²) in [6.07, 6.45) is 0.865. The Bertz CT molecular complexity index is 1980. The number of unbranched alkanes of at least 4 members (excludes halogenated alkanes) is 4. The molecule has 14 heteroatoms. The number of aliphatic hydroxyl groups excluding tert-OH is 3. The Morgan fingerprint density at radius 2 is 1.33 bits per heavy atom. The van der Waals surface area contributed by atoms with Crippen LogP contribution >= 0.6 is 0 Å². The number of ether oxygens (including phenoxy) is 4. The number of aryl methyl sites for hydroxylation is 2. The molecule has 1 aliphatic rings. The lowest BCUT2D eigenvalue weighted by Gasteiger charge is -2.39. The van der Waals surface area contributed by atoms with Crippen molar-refractivity contribution < 1.29 is 48.7 Å². The fourth-order valence-electron chi connectivity index (χ4n) is 7.98. The number of hydrogen-bond acceptors (Lipinski definition) is 11. The van der Waals surface area contributed by atoms with Crippen molar-refractivity contribution in [3.8, 4) is 0 Å². The number of rotatable bonds is 28. The summed E-state index contributed by atoms with van der Waals surface area (Å²) in [5, 5.41) is 36.3. The van der Waals surface area contributed by atoms with Gasteiger partial charge in [0.1, 0.15) is 37.6 Å². The van der Waals surface area contributed by atoms with Crippen LogP contribution in [0.3, 0.4) is 0 Å². The maximum absolute atomic E-state index is 13.8. The number of nitrogens with two attached hydrogens (primary N) is 1. The highest BCUT2D eigenvalue weighted by molar-refractivity contribution is 5.84. The van der Waals surface area contributed by atoms with Gasteiger partial charge >= 0.3 is 12.2 Å². The van der Waals surface area contributed by atoms with Crippen molar-refractivity contribution >= 4 is 18.1 Å². The van der Waals surface area contributed by atoms with Crippen LogP contribution in [0.4, 0.5) is 9.59 Å². The molecule has 358 valence electrons. The summed E-state index contributed by atoms with van der Waals surface area (Å²) < 4.78 is 22.7. The van der Waals surface area contributed by atoms with Crippen molar-refractivity contribution in [2.45, 2.75) is 121 Å². The second kappa shape index (κ2) is 28.6. The highest BCUT2D eigenvalue weighted by Gasteiger charge is 2.40. The van der Waals surface area contributed by atoms with E-state index in [0.717, 1.165) is 72.8 Å². The molecular weight excluding hydrogens is 841 g/mol. The number of carbonyl (C=O) groups excluding carboxylic acids is 3. The number of carbonyl (C=O) groups is 3. The van der Waals surface area contributed by atoms with Crippen LogP contribution in [0.1, 0.15) is 92.4 Å². The van der Waals surface area contributed by atoms with Crippen LogP contribution < -0.4 is 11.1 Å². The molecule has 1 fully saturated rings. The average Bonchev–Trinajstić information content (AvgIpc) is 3.34. The molecule has 0 radical (unpaired) electrons. The monoisotopic (exact) mass is 911 g/mol. The zero-order valence-electron chi connectivity index (χ0n) is 38.3. The highest BCUT2D eigenvalue weighted by atomic mass is 16.7. The number of nitrogens with one attached hydrogen (secondary N) is 1. The van der Waals surface area contributed by atoms with Gasteiger partial charge in [0.25, 0.3) is 0 Å². The summed E-state index contributed by atoms with van der Waals surface area (Å²) in [5.74, 6) is -0.639. The molecule has 14 nitrogen and oxygen atoms in total. The van der Waals surface area contributed by atoms with Crippen LogP contribution in [0.5, 0.6) is 0 Å². The molecule has 1 heterocycles. The first-order valence-corrected chi connectivity index (χ1v) is 23.5. The second-order valence-electron chi connectivity index (χ2n) is 17.0. The van der Waals surface area contributed by atoms with E-state index in [0.29, 0.717) is 32.5 Å². The highest BCUT2D eigenvalue weighted by Crippen LogP contribution is 2.29. The molecule has 3 amide bonds. The first kappa shape index (κ1) is 51.6. The van der Waals surface area contributed by atoms with E-state index in [1.807, 2.05) is 108 Å². The summed E-state index contributed by atoms with van der Waals surface area (Å²) in [7, 11) is 0. The second-order valence-corrected chi connectivity index (χ2v) is 17.0. The molecular formula is C52H70N4O10. The molecule has 0 aliphatic carbocycles. The minimum Gasteiger partial charge on any atom is -0.445 e. The Labute approximate surface area is 390 Å². The number of primary amides is 1. The minimum atomic E-state index is -1.41. The maximum atomic E-state index is 13.8. The first-order chi connectivity index (χ1) is 32.1. The van der Waals surface area contributed by atoms with Crippen LogP contribution in [0.25, 0.3) is 0 Å². The number of alkyl carbamates (subject to hydrolysis) is 1. The molecule has 1 saturated heterocycles. The summed E-state index contributed by atoms with van der Waals surface area (Å²) in [6, 6.07) is 35.3. The number of hydrogen-bond donors (Lipinski definition) is 5. The third kappa shape index (κ3) is 17.8. The zero-order chi connectivity index (χ0) is 46.9. The minimum absolute atomic E-state index is 0.0242. The van der Waals surface area contributed by atoms with Crippen LogP contribution in [0.15, 0.2) is 115 Å². The molecule has 0 saturated carbocycles. The summed E-state index contributed by atoms with van der Waals surface area (Å²) in [4.78, 5) is 42.5. The van der Waals surface area contributed by atoms with E-state index in [1.165, 1.54) is 4.90 Å². The Kier molecular flexibility index (Phi) is 22.4. The van der Waals surface area contributed by atoms with E-state index in [-0.39, 0.29) is 39.3 Å². The van der Waals surface area contributed by atoms with Crippen molar-refractivity contribution in [3.05, 3.63) is 143 Å². The van der Waals surface area contributed by atoms with Gasteiger partial charge in [-0.15, -0.1) is 0 Å². The Balaban J connectivity index is 1.16. The average molecular weight is 911 g/mol. The van der Waals surface area contributed by atoms with Gasteiger partial charge in [-0.05, 0) is 80.3 Å². The number of aliphatic hydroxyl groups is 3. The Hall–Kier alpha value is -5.35. The summed E-state index contributed by atoms with van der Waals surface area (Å²) in [5.41, 5.74) is 10.6. The van der Waals surface area contributed by atoms with E-state index in [4.69, 9.17) is 24.7 Å². The first-order valence-electron chi connectivity index (χ1n) is 23.5. The van der Waals surface area contributed by atoms with Crippen LogP contribution in [0.2, 0.25) is 0 Å². The number of benzene rings is 4. The molecule has 5 rings (SSSR count). The number of nitrogens with zero attached hydrogens (tertiary/aromatic N) is 2. The predicted molar refractivity (Wildman–Crippen MR) is 252 cm³/mol. The van der Waals surface area contributed by atoms with Crippen molar-refractivity contribution in [2.75, 3.05) is 39.3 Å². The van der Waals surface area contributed by atoms with Gasteiger partial charge in [0.2, 0.25) is 5.91 Å². The standard InChI is InChI=1S/C52H70N4O10/c1-2-3-4-16-32-55(35-45(57)47(59)48-46(58)38-63-50(66-48)43-23-12-7-13-24-43)33-17-34-56(52(62)65-37-42-21-10-6-11-22-42)44(49(53)60)30-29-40-27-25-39(26-28-40)18-14-15-31-54-51(61)64-36-41-19-8-5-9-20-41/h5-13,19-28,44-48,50,57-59H,2-4,14-18,29-38H2,1H3,(H2,53,60)(H,54,61)/t44?,45-,46+,47+,48+,50?/m0/s1. The molecule has 6 atom stereocenters. The predicted octanol–water partition coefficient (Wildman–Crippen LogP) is 6.83. The molecule has 66 heavy (non-hydrogen) atoms. The lowest BCUT2D eigenvalue weighted by molar-refractivity contribution is -0.283. The van der Waals surface area contributed by atoms with Gasteiger partial charge in [-0.1, -0.05) is 141 Å². The third-order valence-electron chi connectivity index (χ3n) is 11.8. The fraction of sp³-hybridized carbons (Fsp3) is 0.481. The molecule has 1 aliphatic heterocycles. The van der Waals surface area contributed by atoms with E-state index >= 15 is 0 Å². The van der Waals surface area contributed by atoms with Crippen LogP contribution in [-0.4, -0.2) is 113 Å². The van der Waals surface area contributed by atoms with Gasteiger partial charge in [0, 0.05) is 25.2 Å². The molecule has 6 N–H and O–H groups in total. The van der Waals surface area contributed by atoms with Crippen LogP contribution in [-0.2, 0) is 49.8 Å². The largest absolute Gasteiger partial charge is 0.445 e. The van der Waals surface area contributed by atoms with Gasteiger partial charge in [-0.25, -0.2) is 9.59 Å². The topological polar surface area (TPSA) is 193 Å². The quantitative estimate of drug-likeness (QED) is 0.0375. The van der Waals surface area contributed by atoms with Gasteiger partial charge in [0.15, 0.2) is 6.29 Å². The van der Waals surface area contributed by atoms with Gasteiger partial charge in [-0.3, -0.25) is 9.69 Å². The van der Waals surface area contributed by atoms with Crippen molar-refractivity contribution in [3.63, 3.8) is 0 Å². The molecule has 4 aromatic carbocycles. The van der Waals surface area contributed by atoms with Gasteiger partial charge in [-0.2, -0.15) is 0 Å². The van der Waals surface area contributed by atoms with E-state index in [2.05, 4.69) is 24.4 Å². The van der Waals surface area contributed by atoms with Crippen LogP contribution in [0, 0.1) is 0 Å². The zero-order valence-corrected chi connectivity index (χ0v) is 38.3. The smallest absolute Gasteiger partial charge is 0.410 e.